The van der Waals surface area contributed by atoms with Crippen LogP contribution in [0.3, 0.4) is 0 Å². The van der Waals surface area contributed by atoms with Gasteiger partial charge in [-0.05, 0) is 12.5 Å². The number of hydrogen-bond donors (Lipinski definition) is 0. The number of hydrogen-bond acceptors (Lipinski definition) is 2. The molecule has 1 unspecified atom stereocenters. The Morgan fingerprint density at radius 3 is 2.54 bits per heavy atom. The lowest BCUT2D eigenvalue weighted by atomic mass is 10.1. The van der Waals surface area contributed by atoms with Crippen molar-refractivity contribution in [2.75, 3.05) is 6.61 Å². The molecule has 1 atom stereocenters. The molecule has 0 aromatic heterocycles. The molecule has 1 aromatic carbocycles. The molecular weight excluding hydrogens is 168 g/mol. The Balaban J connectivity index is 2.68. The SMILES string of the molecule is CCOC(=O)C([O])c1ccccc1. The topological polar surface area (TPSA) is 46.2 Å². The molecule has 0 N–H and O–H groups in total. The van der Waals surface area contributed by atoms with Crippen LogP contribution in [-0.2, 0) is 14.6 Å². The first-order valence-corrected chi connectivity index (χ1v) is 4.13. The molecule has 0 saturated carbocycles. The smallest absolute Gasteiger partial charge is 0.343 e. The molecule has 0 aliphatic heterocycles. The van der Waals surface area contributed by atoms with Crippen LogP contribution in [0.15, 0.2) is 30.3 Å². The van der Waals surface area contributed by atoms with Crippen molar-refractivity contribution in [3.8, 4) is 0 Å². The monoisotopic (exact) mass is 179 g/mol. The largest absolute Gasteiger partial charge is 0.464 e. The standard InChI is InChI=1S/C10H11O3/c1-2-13-10(12)9(11)8-6-4-3-5-7-8/h3-7,9H,2H2,1H3. The summed E-state index contributed by atoms with van der Waals surface area (Å²) in [6, 6.07) is 8.48. The summed E-state index contributed by atoms with van der Waals surface area (Å²) in [5, 5.41) is 11.3. The maximum Gasteiger partial charge on any atom is 0.343 e. The van der Waals surface area contributed by atoms with Gasteiger partial charge in [0.15, 0.2) is 0 Å². The van der Waals surface area contributed by atoms with Crippen LogP contribution in [0, 0.1) is 0 Å². The number of ether oxygens (including phenoxy) is 1. The summed E-state index contributed by atoms with van der Waals surface area (Å²) >= 11 is 0. The fourth-order valence-electron chi connectivity index (χ4n) is 0.982. The van der Waals surface area contributed by atoms with Crippen molar-refractivity contribution in [2.45, 2.75) is 13.0 Å². The molecule has 13 heavy (non-hydrogen) atoms. The molecular formula is C10H11O3. The van der Waals surface area contributed by atoms with Crippen LogP contribution in [0.25, 0.3) is 0 Å². The minimum Gasteiger partial charge on any atom is -0.464 e. The summed E-state index contributed by atoms with van der Waals surface area (Å²) in [5.41, 5.74) is 0.445. The maximum absolute atomic E-state index is 11.3. The van der Waals surface area contributed by atoms with Gasteiger partial charge in [0.2, 0.25) is 6.10 Å². The summed E-state index contributed by atoms with van der Waals surface area (Å²) in [5.74, 6) is -0.714. The zero-order valence-electron chi connectivity index (χ0n) is 7.40. The first-order chi connectivity index (χ1) is 6.25. The van der Waals surface area contributed by atoms with E-state index in [1.54, 1.807) is 37.3 Å². The second-order valence-corrected chi connectivity index (χ2v) is 2.54. The molecule has 0 aliphatic rings. The lowest BCUT2D eigenvalue weighted by Gasteiger charge is -2.06. The molecule has 1 radical (unpaired) electrons. The average molecular weight is 179 g/mol. The Bertz CT molecular complexity index is 269. The second-order valence-electron chi connectivity index (χ2n) is 2.54. The lowest BCUT2D eigenvalue weighted by Crippen LogP contribution is -2.13. The number of esters is 1. The number of carbonyl (C=O) groups excluding carboxylic acids is 1. The van der Waals surface area contributed by atoms with Gasteiger partial charge in [-0.25, -0.2) is 9.90 Å². The first-order valence-electron chi connectivity index (χ1n) is 4.13. The fourth-order valence-corrected chi connectivity index (χ4v) is 0.982. The summed E-state index contributed by atoms with van der Waals surface area (Å²) in [6.45, 7) is 1.92. The highest BCUT2D eigenvalue weighted by molar-refractivity contribution is 5.76. The summed E-state index contributed by atoms with van der Waals surface area (Å²) in [6.07, 6.45) is -1.42. The van der Waals surface area contributed by atoms with Gasteiger partial charge >= 0.3 is 5.97 Å². The van der Waals surface area contributed by atoms with E-state index in [2.05, 4.69) is 4.74 Å². The van der Waals surface area contributed by atoms with Gasteiger partial charge in [-0.1, -0.05) is 30.3 Å². The van der Waals surface area contributed by atoms with E-state index in [1.807, 2.05) is 0 Å². The van der Waals surface area contributed by atoms with E-state index in [4.69, 9.17) is 0 Å². The lowest BCUT2D eigenvalue weighted by molar-refractivity contribution is -0.157. The normalized spacial score (nSPS) is 12.2. The third-order valence-electron chi connectivity index (χ3n) is 1.60. The van der Waals surface area contributed by atoms with Crippen LogP contribution in [0.1, 0.15) is 18.6 Å². The van der Waals surface area contributed by atoms with E-state index in [1.165, 1.54) is 0 Å². The minimum atomic E-state index is -1.42. The molecule has 0 fully saturated rings. The number of rotatable bonds is 3. The van der Waals surface area contributed by atoms with Crippen LogP contribution in [-0.4, -0.2) is 12.6 Å². The van der Waals surface area contributed by atoms with Gasteiger partial charge in [-0.15, -0.1) is 0 Å². The van der Waals surface area contributed by atoms with Gasteiger partial charge < -0.3 is 4.74 Å². The minimum absolute atomic E-state index is 0.240. The third-order valence-corrected chi connectivity index (χ3v) is 1.60. The van der Waals surface area contributed by atoms with Gasteiger partial charge in [-0.2, -0.15) is 0 Å². The quantitative estimate of drug-likeness (QED) is 0.663. The number of carbonyl (C=O) groups is 1. The van der Waals surface area contributed by atoms with Crippen molar-refractivity contribution in [3.05, 3.63) is 35.9 Å². The van der Waals surface area contributed by atoms with Crippen molar-refractivity contribution < 1.29 is 14.6 Å². The fraction of sp³-hybridized carbons (Fsp3) is 0.300. The Kier molecular flexibility index (Phi) is 3.46. The summed E-state index contributed by atoms with van der Waals surface area (Å²) in [7, 11) is 0. The molecule has 0 heterocycles. The van der Waals surface area contributed by atoms with Crippen molar-refractivity contribution in [1.29, 1.82) is 0 Å². The van der Waals surface area contributed by atoms with E-state index in [9.17, 15) is 9.90 Å². The molecule has 0 aliphatic carbocycles. The Labute approximate surface area is 77.0 Å². The van der Waals surface area contributed by atoms with Gasteiger partial charge in [0.25, 0.3) is 0 Å². The second kappa shape index (κ2) is 4.62. The van der Waals surface area contributed by atoms with Gasteiger partial charge in [-0.3, -0.25) is 0 Å². The van der Waals surface area contributed by atoms with Gasteiger partial charge in [0.05, 0.1) is 6.61 Å². The highest BCUT2D eigenvalue weighted by Crippen LogP contribution is 2.13. The number of benzene rings is 1. The highest BCUT2D eigenvalue weighted by Gasteiger charge is 2.19. The first kappa shape index (κ1) is 9.74. The zero-order chi connectivity index (χ0) is 9.68. The zero-order valence-corrected chi connectivity index (χ0v) is 7.40. The maximum atomic E-state index is 11.3. The Morgan fingerprint density at radius 1 is 1.38 bits per heavy atom. The van der Waals surface area contributed by atoms with Gasteiger partial charge in [0.1, 0.15) is 0 Å². The molecule has 1 aromatic rings. The van der Waals surface area contributed by atoms with E-state index in [0.29, 0.717) is 5.56 Å². The van der Waals surface area contributed by atoms with Crippen LogP contribution < -0.4 is 0 Å². The summed E-state index contributed by atoms with van der Waals surface area (Å²) in [4.78, 5) is 11.0. The molecule has 0 spiro atoms. The Hall–Kier alpha value is -1.35. The predicted octanol–water partition coefficient (Wildman–Crippen LogP) is 1.72. The van der Waals surface area contributed by atoms with Crippen LogP contribution in [0.2, 0.25) is 0 Å². The van der Waals surface area contributed by atoms with E-state index in [-0.39, 0.29) is 6.61 Å². The van der Waals surface area contributed by atoms with E-state index in [0.717, 1.165) is 0 Å². The summed E-state index contributed by atoms with van der Waals surface area (Å²) < 4.78 is 4.61. The van der Waals surface area contributed by atoms with Crippen molar-refractivity contribution in [1.82, 2.24) is 0 Å². The van der Waals surface area contributed by atoms with Crippen LogP contribution in [0.4, 0.5) is 0 Å². The molecule has 3 heteroatoms. The molecule has 69 valence electrons. The molecule has 3 nitrogen and oxygen atoms in total. The molecule has 0 bridgehead atoms. The van der Waals surface area contributed by atoms with Crippen LogP contribution >= 0.6 is 0 Å². The average Bonchev–Trinajstić information content (AvgIpc) is 2.18. The third kappa shape index (κ3) is 2.56. The van der Waals surface area contributed by atoms with Crippen molar-refractivity contribution in [3.63, 3.8) is 0 Å². The highest BCUT2D eigenvalue weighted by atomic mass is 16.5. The van der Waals surface area contributed by atoms with Crippen molar-refractivity contribution in [2.24, 2.45) is 0 Å². The van der Waals surface area contributed by atoms with E-state index >= 15 is 0 Å². The molecule has 0 saturated heterocycles. The predicted molar refractivity (Wildman–Crippen MR) is 46.5 cm³/mol. The van der Waals surface area contributed by atoms with Crippen molar-refractivity contribution >= 4 is 5.97 Å². The molecule has 1 rings (SSSR count). The van der Waals surface area contributed by atoms with E-state index < -0.39 is 12.1 Å². The van der Waals surface area contributed by atoms with Crippen LogP contribution in [0.5, 0.6) is 0 Å². The van der Waals surface area contributed by atoms with Gasteiger partial charge in [0, 0.05) is 0 Å². The Morgan fingerprint density at radius 2 is 2.00 bits per heavy atom. The molecule has 0 amide bonds.